The summed E-state index contributed by atoms with van der Waals surface area (Å²) in [5.74, 6) is 0.913. The normalized spacial score (nSPS) is 10.8. The lowest BCUT2D eigenvalue weighted by molar-refractivity contribution is -0.116. The number of carbonyl (C=O) groups is 1. The van der Waals surface area contributed by atoms with Crippen LogP contribution in [-0.4, -0.2) is 21.0 Å². The van der Waals surface area contributed by atoms with Crippen LogP contribution in [-0.2, 0) is 11.2 Å². The molecule has 2 aromatic heterocycles. The van der Waals surface area contributed by atoms with Crippen molar-refractivity contribution in [2.75, 3.05) is 5.32 Å². The number of amides is 1. The Balaban J connectivity index is 1.64. The van der Waals surface area contributed by atoms with E-state index in [-0.39, 0.29) is 12.3 Å². The SMILES string of the molecule is Cc1noc(CCC(=O)Nc2nc(-c3ccc(Br)cc3)c(C)s2)n1. The Morgan fingerprint density at radius 1 is 1.25 bits per heavy atom. The number of hydrogen-bond acceptors (Lipinski definition) is 6. The zero-order valence-electron chi connectivity index (χ0n) is 13.2. The lowest BCUT2D eigenvalue weighted by Gasteiger charge is -2.00. The summed E-state index contributed by atoms with van der Waals surface area (Å²) in [6, 6.07) is 7.93. The maximum atomic E-state index is 12.1. The zero-order valence-corrected chi connectivity index (χ0v) is 15.6. The monoisotopic (exact) mass is 406 g/mol. The van der Waals surface area contributed by atoms with Gasteiger partial charge in [-0.2, -0.15) is 4.98 Å². The molecule has 0 radical (unpaired) electrons. The molecule has 0 atom stereocenters. The van der Waals surface area contributed by atoms with Crippen molar-refractivity contribution in [1.82, 2.24) is 15.1 Å². The highest BCUT2D eigenvalue weighted by atomic mass is 79.9. The second-order valence-electron chi connectivity index (χ2n) is 5.21. The molecule has 1 amide bonds. The van der Waals surface area contributed by atoms with Crippen molar-refractivity contribution in [2.45, 2.75) is 26.7 Å². The largest absolute Gasteiger partial charge is 0.339 e. The van der Waals surface area contributed by atoms with Gasteiger partial charge < -0.3 is 9.84 Å². The molecule has 6 nitrogen and oxygen atoms in total. The number of rotatable bonds is 5. The van der Waals surface area contributed by atoms with Crippen LogP contribution in [0.25, 0.3) is 11.3 Å². The van der Waals surface area contributed by atoms with E-state index in [0.717, 1.165) is 20.6 Å². The summed E-state index contributed by atoms with van der Waals surface area (Å²) in [7, 11) is 0. The van der Waals surface area contributed by atoms with E-state index in [4.69, 9.17) is 4.52 Å². The summed E-state index contributed by atoms with van der Waals surface area (Å²) < 4.78 is 6.02. The molecule has 0 spiro atoms. The van der Waals surface area contributed by atoms with E-state index >= 15 is 0 Å². The number of aryl methyl sites for hydroxylation is 3. The molecule has 2 heterocycles. The third-order valence-corrected chi connectivity index (χ3v) is 4.71. The van der Waals surface area contributed by atoms with Crippen molar-refractivity contribution in [1.29, 1.82) is 0 Å². The number of aromatic nitrogens is 3. The van der Waals surface area contributed by atoms with Crippen molar-refractivity contribution in [3.63, 3.8) is 0 Å². The molecule has 0 fully saturated rings. The number of carbonyl (C=O) groups excluding carboxylic acids is 1. The number of hydrogen-bond donors (Lipinski definition) is 1. The highest BCUT2D eigenvalue weighted by molar-refractivity contribution is 9.10. The van der Waals surface area contributed by atoms with E-state index in [0.29, 0.717) is 23.3 Å². The number of anilines is 1. The van der Waals surface area contributed by atoms with Gasteiger partial charge in [0, 0.05) is 27.8 Å². The van der Waals surface area contributed by atoms with Crippen LogP contribution in [0.15, 0.2) is 33.3 Å². The first-order valence-electron chi connectivity index (χ1n) is 7.33. The Labute approximate surface area is 151 Å². The summed E-state index contributed by atoms with van der Waals surface area (Å²) in [5, 5.41) is 7.13. The summed E-state index contributed by atoms with van der Waals surface area (Å²) in [6.45, 7) is 3.74. The summed E-state index contributed by atoms with van der Waals surface area (Å²) in [5.41, 5.74) is 1.91. The van der Waals surface area contributed by atoms with Crippen LogP contribution in [0.5, 0.6) is 0 Å². The molecule has 0 unspecified atom stereocenters. The van der Waals surface area contributed by atoms with Gasteiger partial charge in [0.1, 0.15) is 0 Å². The molecular weight excluding hydrogens is 392 g/mol. The van der Waals surface area contributed by atoms with Gasteiger partial charge in [-0.15, -0.1) is 11.3 Å². The molecule has 1 aromatic carbocycles. The average molecular weight is 407 g/mol. The van der Waals surface area contributed by atoms with Crippen molar-refractivity contribution in [3.05, 3.63) is 45.3 Å². The maximum absolute atomic E-state index is 12.1. The molecule has 0 saturated carbocycles. The zero-order chi connectivity index (χ0) is 17.1. The second kappa shape index (κ2) is 7.23. The van der Waals surface area contributed by atoms with Crippen LogP contribution < -0.4 is 5.32 Å². The Kier molecular flexibility index (Phi) is 5.06. The van der Waals surface area contributed by atoms with Crippen molar-refractivity contribution < 1.29 is 9.32 Å². The fourth-order valence-corrected chi connectivity index (χ4v) is 3.29. The van der Waals surface area contributed by atoms with E-state index in [1.54, 1.807) is 6.92 Å². The molecular formula is C16H15BrN4O2S. The standard InChI is InChI=1S/C16H15BrN4O2S/c1-9-15(11-3-5-12(17)6-4-11)20-16(24-9)19-13(22)7-8-14-18-10(2)21-23-14/h3-6H,7-8H2,1-2H3,(H,19,20,22). The first-order valence-corrected chi connectivity index (χ1v) is 8.94. The van der Waals surface area contributed by atoms with Gasteiger partial charge in [0.25, 0.3) is 0 Å². The van der Waals surface area contributed by atoms with E-state index in [2.05, 4.69) is 36.4 Å². The minimum atomic E-state index is -0.123. The first-order chi connectivity index (χ1) is 11.5. The fraction of sp³-hybridized carbons (Fsp3) is 0.250. The first kappa shape index (κ1) is 16.8. The van der Waals surface area contributed by atoms with E-state index < -0.39 is 0 Å². The van der Waals surface area contributed by atoms with Gasteiger partial charge in [0.05, 0.1) is 5.69 Å². The van der Waals surface area contributed by atoms with Gasteiger partial charge >= 0.3 is 0 Å². The second-order valence-corrected chi connectivity index (χ2v) is 7.33. The van der Waals surface area contributed by atoms with Crippen molar-refractivity contribution in [3.8, 4) is 11.3 Å². The predicted octanol–water partition coefficient (Wildman–Crippen LogP) is 4.14. The molecule has 0 aliphatic heterocycles. The number of halogens is 1. The minimum Gasteiger partial charge on any atom is -0.339 e. The molecule has 24 heavy (non-hydrogen) atoms. The smallest absolute Gasteiger partial charge is 0.227 e. The predicted molar refractivity (Wildman–Crippen MR) is 96.0 cm³/mol. The van der Waals surface area contributed by atoms with Gasteiger partial charge in [-0.05, 0) is 26.0 Å². The molecule has 0 aliphatic carbocycles. The van der Waals surface area contributed by atoms with Crippen LogP contribution in [0.2, 0.25) is 0 Å². The molecule has 0 bridgehead atoms. The Morgan fingerprint density at radius 2 is 2.00 bits per heavy atom. The lowest BCUT2D eigenvalue weighted by Crippen LogP contribution is -2.12. The summed E-state index contributed by atoms with van der Waals surface area (Å²) >= 11 is 4.88. The van der Waals surface area contributed by atoms with Crippen LogP contribution in [0.1, 0.15) is 23.0 Å². The maximum Gasteiger partial charge on any atom is 0.227 e. The van der Waals surface area contributed by atoms with E-state index in [9.17, 15) is 4.79 Å². The Bertz CT molecular complexity index is 857. The van der Waals surface area contributed by atoms with Crippen molar-refractivity contribution >= 4 is 38.3 Å². The van der Waals surface area contributed by atoms with Gasteiger partial charge in [-0.25, -0.2) is 4.98 Å². The number of benzene rings is 1. The molecule has 8 heteroatoms. The Hall–Kier alpha value is -2.06. The van der Waals surface area contributed by atoms with Gasteiger partial charge in [-0.3, -0.25) is 4.79 Å². The van der Waals surface area contributed by atoms with Crippen LogP contribution in [0, 0.1) is 13.8 Å². The van der Waals surface area contributed by atoms with Crippen LogP contribution in [0.3, 0.4) is 0 Å². The van der Waals surface area contributed by atoms with Crippen LogP contribution in [0.4, 0.5) is 5.13 Å². The Morgan fingerprint density at radius 3 is 2.67 bits per heavy atom. The van der Waals surface area contributed by atoms with E-state index in [1.807, 2.05) is 31.2 Å². The number of thiazole rings is 1. The highest BCUT2D eigenvalue weighted by Crippen LogP contribution is 2.31. The fourth-order valence-electron chi connectivity index (χ4n) is 2.17. The molecule has 0 aliphatic rings. The number of nitrogens with zero attached hydrogens (tertiary/aromatic N) is 3. The molecule has 3 rings (SSSR count). The summed E-state index contributed by atoms with van der Waals surface area (Å²) in [4.78, 5) is 21.7. The van der Waals surface area contributed by atoms with Gasteiger partial charge in [-0.1, -0.05) is 33.2 Å². The van der Waals surface area contributed by atoms with E-state index in [1.165, 1.54) is 11.3 Å². The van der Waals surface area contributed by atoms with Gasteiger partial charge in [0.15, 0.2) is 11.0 Å². The number of nitrogens with one attached hydrogen (secondary N) is 1. The quantitative estimate of drug-likeness (QED) is 0.688. The molecule has 124 valence electrons. The highest BCUT2D eigenvalue weighted by Gasteiger charge is 2.13. The molecule has 1 N–H and O–H groups in total. The minimum absolute atomic E-state index is 0.123. The van der Waals surface area contributed by atoms with Crippen LogP contribution >= 0.6 is 27.3 Å². The topological polar surface area (TPSA) is 80.9 Å². The third kappa shape index (κ3) is 4.07. The third-order valence-electron chi connectivity index (χ3n) is 3.30. The van der Waals surface area contributed by atoms with Crippen molar-refractivity contribution in [2.24, 2.45) is 0 Å². The summed E-state index contributed by atoms with van der Waals surface area (Å²) in [6.07, 6.45) is 0.685. The molecule has 0 saturated heterocycles. The lowest BCUT2D eigenvalue weighted by atomic mass is 10.1. The van der Waals surface area contributed by atoms with Gasteiger partial charge in [0.2, 0.25) is 11.8 Å². The average Bonchev–Trinajstić information content (AvgIpc) is 3.12. The molecule has 3 aromatic rings.